The first-order valence-electron chi connectivity index (χ1n) is 6.81. The quantitative estimate of drug-likeness (QED) is 0.701. The van der Waals surface area contributed by atoms with Crippen molar-refractivity contribution >= 4 is 0 Å². The first-order chi connectivity index (χ1) is 11.2. The number of halogens is 6. The normalized spacial score (nSPS) is 11.5. The predicted molar refractivity (Wildman–Crippen MR) is 73.1 cm³/mol. The van der Waals surface area contributed by atoms with Crippen molar-refractivity contribution in [2.75, 3.05) is 6.61 Å². The molecule has 0 aliphatic heterocycles. The van der Waals surface area contributed by atoms with Crippen LogP contribution in [-0.2, 0) is 6.11 Å². The Morgan fingerprint density at radius 3 is 2.04 bits per heavy atom. The van der Waals surface area contributed by atoms with Gasteiger partial charge in [-0.25, -0.2) is 8.78 Å². The summed E-state index contributed by atoms with van der Waals surface area (Å²) >= 11 is 0. The van der Waals surface area contributed by atoms with E-state index in [-0.39, 0.29) is 12.2 Å². The van der Waals surface area contributed by atoms with Crippen LogP contribution in [0.3, 0.4) is 0 Å². The van der Waals surface area contributed by atoms with Crippen LogP contribution in [0.5, 0.6) is 11.5 Å². The molecule has 0 radical (unpaired) electrons. The van der Waals surface area contributed by atoms with Crippen molar-refractivity contribution in [2.45, 2.75) is 20.0 Å². The number of hydrogen-bond acceptors (Lipinski definition) is 2. The van der Waals surface area contributed by atoms with Crippen LogP contribution in [-0.4, -0.2) is 6.61 Å². The monoisotopic (exact) mass is 350 g/mol. The maximum atomic E-state index is 14.0. The molecule has 2 rings (SSSR count). The van der Waals surface area contributed by atoms with Crippen molar-refractivity contribution in [3.05, 3.63) is 58.7 Å². The van der Waals surface area contributed by atoms with Gasteiger partial charge in [0.15, 0.2) is 23.1 Å². The van der Waals surface area contributed by atoms with Crippen molar-refractivity contribution in [2.24, 2.45) is 0 Å². The molecular weight excluding hydrogens is 338 g/mol. The molecule has 0 spiro atoms. The minimum atomic E-state index is -4.42. The zero-order valence-electron chi connectivity index (χ0n) is 12.6. The fourth-order valence-electron chi connectivity index (χ4n) is 1.92. The first kappa shape index (κ1) is 18.0. The first-order valence-corrected chi connectivity index (χ1v) is 6.81. The zero-order chi connectivity index (χ0) is 18.1. The molecule has 8 heteroatoms. The van der Waals surface area contributed by atoms with Crippen molar-refractivity contribution < 1.29 is 35.8 Å². The van der Waals surface area contributed by atoms with Crippen molar-refractivity contribution in [3.8, 4) is 11.5 Å². The molecule has 0 fully saturated rings. The molecule has 0 aliphatic rings. The molecule has 0 amide bonds. The van der Waals surface area contributed by atoms with E-state index in [2.05, 4.69) is 4.74 Å². The minimum absolute atomic E-state index is 0.0284. The third-order valence-electron chi connectivity index (χ3n) is 3.14. The van der Waals surface area contributed by atoms with Crippen LogP contribution in [0.1, 0.15) is 18.1 Å². The second-order valence-corrected chi connectivity index (χ2v) is 4.80. The Morgan fingerprint density at radius 2 is 1.42 bits per heavy atom. The van der Waals surface area contributed by atoms with E-state index < -0.39 is 46.4 Å². The highest BCUT2D eigenvalue weighted by Crippen LogP contribution is 2.37. The maximum absolute atomic E-state index is 14.0. The van der Waals surface area contributed by atoms with E-state index in [4.69, 9.17) is 4.74 Å². The number of hydrogen-bond donors (Lipinski definition) is 0. The fourth-order valence-corrected chi connectivity index (χ4v) is 1.92. The van der Waals surface area contributed by atoms with Gasteiger partial charge in [-0.15, -0.1) is 0 Å². The van der Waals surface area contributed by atoms with E-state index in [1.165, 1.54) is 13.8 Å². The number of rotatable bonds is 5. The van der Waals surface area contributed by atoms with Gasteiger partial charge in [-0.05, 0) is 37.6 Å². The summed E-state index contributed by atoms with van der Waals surface area (Å²) in [6.07, 6.45) is -4.42. The lowest BCUT2D eigenvalue weighted by Gasteiger charge is -2.20. The van der Waals surface area contributed by atoms with Gasteiger partial charge in [0, 0.05) is 0 Å². The lowest BCUT2D eigenvalue weighted by atomic mass is 10.1. The van der Waals surface area contributed by atoms with Crippen molar-refractivity contribution in [1.29, 1.82) is 0 Å². The lowest BCUT2D eigenvalue weighted by molar-refractivity contribution is -0.189. The van der Waals surface area contributed by atoms with E-state index in [1.54, 1.807) is 0 Å². The summed E-state index contributed by atoms with van der Waals surface area (Å²) < 4.78 is 91.5. The Bertz CT molecular complexity index is 761. The van der Waals surface area contributed by atoms with Gasteiger partial charge < -0.3 is 9.47 Å². The van der Waals surface area contributed by atoms with E-state index in [0.717, 1.165) is 12.1 Å². The maximum Gasteiger partial charge on any atom is 0.429 e. The molecule has 24 heavy (non-hydrogen) atoms. The second-order valence-electron chi connectivity index (χ2n) is 4.80. The summed E-state index contributed by atoms with van der Waals surface area (Å²) in [6.45, 7) is 2.73. The molecule has 0 N–H and O–H groups in total. The summed E-state index contributed by atoms with van der Waals surface area (Å²) in [7, 11) is 0. The molecule has 0 saturated carbocycles. The van der Waals surface area contributed by atoms with Crippen LogP contribution in [0.4, 0.5) is 26.3 Å². The summed E-state index contributed by atoms with van der Waals surface area (Å²) in [5.41, 5.74) is -1.62. The Balaban J connectivity index is 2.40. The topological polar surface area (TPSA) is 18.5 Å². The summed E-state index contributed by atoms with van der Waals surface area (Å²) in [4.78, 5) is 0. The van der Waals surface area contributed by atoms with Gasteiger partial charge in [0.25, 0.3) is 0 Å². The van der Waals surface area contributed by atoms with E-state index in [9.17, 15) is 26.3 Å². The SMILES string of the molecule is CCOc1ccc(OC(F)(F)c2ccc(C)c(F)c2F)c(F)c1F. The third kappa shape index (κ3) is 3.27. The Morgan fingerprint density at radius 1 is 0.833 bits per heavy atom. The molecular formula is C16H12F6O2. The second kappa shape index (κ2) is 6.62. The molecule has 0 bridgehead atoms. The largest absolute Gasteiger partial charge is 0.491 e. The molecule has 0 aliphatic carbocycles. The van der Waals surface area contributed by atoms with Gasteiger partial charge in [-0.2, -0.15) is 17.6 Å². The molecule has 0 saturated heterocycles. The van der Waals surface area contributed by atoms with Gasteiger partial charge in [0.1, 0.15) is 5.56 Å². The van der Waals surface area contributed by atoms with E-state index >= 15 is 0 Å². The van der Waals surface area contributed by atoms with Crippen LogP contribution < -0.4 is 9.47 Å². The van der Waals surface area contributed by atoms with Crippen molar-refractivity contribution in [1.82, 2.24) is 0 Å². The molecule has 2 nitrogen and oxygen atoms in total. The Hall–Kier alpha value is -2.38. The van der Waals surface area contributed by atoms with Crippen LogP contribution in [0, 0.1) is 30.2 Å². The lowest BCUT2D eigenvalue weighted by Crippen LogP contribution is -2.25. The highest BCUT2D eigenvalue weighted by molar-refractivity contribution is 5.36. The Kier molecular flexibility index (Phi) is 4.96. The Labute approximate surface area is 133 Å². The molecule has 2 aromatic carbocycles. The van der Waals surface area contributed by atoms with Gasteiger partial charge in [0.2, 0.25) is 11.6 Å². The number of aryl methyl sites for hydroxylation is 1. The smallest absolute Gasteiger partial charge is 0.429 e. The number of ether oxygens (including phenoxy) is 2. The predicted octanol–water partition coefficient (Wildman–Crippen LogP) is 5.08. The molecule has 0 heterocycles. The van der Waals surface area contributed by atoms with Gasteiger partial charge in [-0.1, -0.05) is 6.07 Å². The van der Waals surface area contributed by atoms with Crippen molar-refractivity contribution in [3.63, 3.8) is 0 Å². The highest BCUT2D eigenvalue weighted by Gasteiger charge is 2.40. The minimum Gasteiger partial charge on any atom is -0.491 e. The van der Waals surface area contributed by atoms with Crippen LogP contribution in [0.2, 0.25) is 0 Å². The molecule has 0 unspecified atom stereocenters. The number of benzene rings is 2. The average Bonchev–Trinajstić information content (AvgIpc) is 2.52. The van der Waals surface area contributed by atoms with Crippen LogP contribution in [0.15, 0.2) is 24.3 Å². The average molecular weight is 350 g/mol. The highest BCUT2D eigenvalue weighted by atomic mass is 19.3. The zero-order valence-corrected chi connectivity index (χ0v) is 12.6. The number of alkyl halides is 2. The standard InChI is InChI=1S/C16H12F6O2/c1-3-23-10-6-7-11(15(20)14(10)19)24-16(21,22)9-5-4-8(2)12(17)13(9)18/h4-7H,3H2,1-2H3. The fraction of sp³-hybridized carbons (Fsp3) is 0.250. The van der Waals surface area contributed by atoms with Gasteiger partial charge >= 0.3 is 6.11 Å². The molecule has 2 aromatic rings. The summed E-state index contributed by atoms with van der Waals surface area (Å²) in [5, 5.41) is 0. The molecule has 0 atom stereocenters. The third-order valence-corrected chi connectivity index (χ3v) is 3.14. The van der Waals surface area contributed by atoms with Gasteiger partial charge in [-0.3, -0.25) is 0 Å². The van der Waals surface area contributed by atoms with Crippen LogP contribution in [0.25, 0.3) is 0 Å². The van der Waals surface area contributed by atoms with Crippen LogP contribution >= 0.6 is 0 Å². The molecule has 0 aromatic heterocycles. The van der Waals surface area contributed by atoms with E-state index in [1.807, 2.05) is 0 Å². The summed E-state index contributed by atoms with van der Waals surface area (Å²) in [5.74, 6) is -8.21. The van der Waals surface area contributed by atoms with Gasteiger partial charge in [0.05, 0.1) is 6.61 Å². The molecule has 130 valence electrons. The van der Waals surface area contributed by atoms with E-state index in [0.29, 0.717) is 12.1 Å². The summed E-state index contributed by atoms with van der Waals surface area (Å²) in [6, 6.07) is 3.12.